The maximum absolute atomic E-state index is 13.8. The summed E-state index contributed by atoms with van der Waals surface area (Å²) in [5.41, 5.74) is 6.23. The zero-order valence-corrected chi connectivity index (χ0v) is 9.96. The molecule has 0 fully saturated rings. The highest BCUT2D eigenvalue weighted by atomic mass is 19.1. The Morgan fingerprint density at radius 2 is 2.29 bits per heavy atom. The second-order valence-electron chi connectivity index (χ2n) is 4.02. The van der Waals surface area contributed by atoms with Crippen LogP contribution in [0.1, 0.15) is 24.8 Å². The van der Waals surface area contributed by atoms with Crippen LogP contribution in [0.3, 0.4) is 0 Å². The number of halogens is 1. The number of ether oxygens (including phenoxy) is 3. The van der Waals surface area contributed by atoms with Gasteiger partial charge in [-0.15, -0.1) is 0 Å². The van der Waals surface area contributed by atoms with Crippen LogP contribution in [0.4, 0.5) is 4.39 Å². The van der Waals surface area contributed by atoms with Crippen molar-refractivity contribution in [2.75, 3.05) is 20.4 Å². The van der Waals surface area contributed by atoms with Gasteiger partial charge in [-0.3, -0.25) is 0 Å². The second kappa shape index (κ2) is 4.79. The Balaban J connectivity index is 2.53. The molecule has 0 radical (unpaired) electrons. The fraction of sp³-hybridized carbons (Fsp3) is 0.500. The minimum Gasteiger partial charge on any atom is -0.493 e. The SMILES string of the molecule is COc1c(F)cc2c(c1C(C)CCN)OCO2. The van der Waals surface area contributed by atoms with Gasteiger partial charge in [0.1, 0.15) is 0 Å². The fourth-order valence-electron chi connectivity index (χ4n) is 2.07. The van der Waals surface area contributed by atoms with Gasteiger partial charge < -0.3 is 19.9 Å². The largest absolute Gasteiger partial charge is 0.493 e. The number of nitrogens with two attached hydrogens (primary N) is 1. The summed E-state index contributed by atoms with van der Waals surface area (Å²) >= 11 is 0. The Hall–Kier alpha value is -1.49. The summed E-state index contributed by atoms with van der Waals surface area (Å²) in [6, 6.07) is 1.29. The van der Waals surface area contributed by atoms with Crippen molar-refractivity contribution in [3.05, 3.63) is 17.4 Å². The highest BCUT2D eigenvalue weighted by molar-refractivity contribution is 5.57. The van der Waals surface area contributed by atoms with E-state index in [9.17, 15) is 4.39 Å². The van der Waals surface area contributed by atoms with E-state index in [1.807, 2.05) is 6.92 Å². The molecule has 1 aliphatic heterocycles. The van der Waals surface area contributed by atoms with Crippen molar-refractivity contribution in [3.8, 4) is 17.2 Å². The molecular formula is C12H16FNO3. The standard InChI is InChI=1S/C12H16FNO3/c1-7(3-4-14)10-11(15-2)8(13)5-9-12(10)17-6-16-9/h5,7H,3-4,6,14H2,1-2H3. The predicted molar refractivity (Wildman–Crippen MR) is 61.2 cm³/mol. The monoisotopic (exact) mass is 241 g/mol. The Kier molecular flexibility index (Phi) is 3.38. The molecule has 2 rings (SSSR count). The van der Waals surface area contributed by atoms with Crippen LogP contribution < -0.4 is 19.9 Å². The van der Waals surface area contributed by atoms with Crippen molar-refractivity contribution < 1.29 is 18.6 Å². The average molecular weight is 241 g/mol. The highest BCUT2D eigenvalue weighted by Gasteiger charge is 2.28. The molecule has 1 atom stereocenters. The van der Waals surface area contributed by atoms with Gasteiger partial charge in [0, 0.05) is 11.6 Å². The van der Waals surface area contributed by atoms with Gasteiger partial charge in [0.25, 0.3) is 0 Å². The van der Waals surface area contributed by atoms with Gasteiger partial charge in [0.05, 0.1) is 7.11 Å². The summed E-state index contributed by atoms with van der Waals surface area (Å²) in [5, 5.41) is 0. The molecule has 1 heterocycles. The van der Waals surface area contributed by atoms with Gasteiger partial charge >= 0.3 is 0 Å². The van der Waals surface area contributed by atoms with Crippen molar-refractivity contribution in [1.82, 2.24) is 0 Å². The molecule has 0 aromatic heterocycles. The molecule has 0 spiro atoms. The van der Waals surface area contributed by atoms with Crippen molar-refractivity contribution in [1.29, 1.82) is 0 Å². The van der Waals surface area contributed by atoms with Gasteiger partial charge in [0.15, 0.2) is 23.1 Å². The normalized spacial score (nSPS) is 14.8. The van der Waals surface area contributed by atoms with Crippen LogP contribution in [0, 0.1) is 5.82 Å². The lowest BCUT2D eigenvalue weighted by Gasteiger charge is -2.17. The van der Waals surface area contributed by atoms with E-state index in [1.54, 1.807) is 0 Å². The minimum atomic E-state index is -0.435. The van der Waals surface area contributed by atoms with Gasteiger partial charge in [-0.25, -0.2) is 4.39 Å². The molecule has 0 saturated carbocycles. The number of rotatable bonds is 4. The van der Waals surface area contributed by atoms with Crippen LogP contribution in [-0.4, -0.2) is 20.4 Å². The van der Waals surface area contributed by atoms with E-state index in [1.165, 1.54) is 13.2 Å². The van der Waals surface area contributed by atoms with Crippen molar-refractivity contribution in [3.63, 3.8) is 0 Å². The molecule has 5 heteroatoms. The number of hydrogen-bond acceptors (Lipinski definition) is 4. The molecule has 0 bridgehead atoms. The topological polar surface area (TPSA) is 53.7 Å². The van der Waals surface area contributed by atoms with Crippen LogP contribution in [0.25, 0.3) is 0 Å². The van der Waals surface area contributed by atoms with Gasteiger partial charge in [-0.2, -0.15) is 0 Å². The van der Waals surface area contributed by atoms with E-state index in [0.29, 0.717) is 23.6 Å². The van der Waals surface area contributed by atoms with Crippen molar-refractivity contribution in [2.45, 2.75) is 19.3 Å². The number of hydrogen-bond donors (Lipinski definition) is 1. The van der Waals surface area contributed by atoms with Crippen LogP contribution >= 0.6 is 0 Å². The van der Waals surface area contributed by atoms with Crippen LogP contribution in [0.2, 0.25) is 0 Å². The highest BCUT2D eigenvalue weighted by Crippen LogP contribution is 2.46. The van der Waals surface area contributed by atoms with Gasteiger partial charge in [0.2, 0.25) is 6.79 Å². The second-order valence-corrected chi connectivity index (χ2v) is 4.02. The van der Waals surface area contributed by atoms with E-state index in [4.69, 9.17) is 19.9 Å². The Morgan fingerprint density at radius 3 is 2.94 bits per heavy atom. The Labute approximate surface area is 99.5 Å². The molecule has 1 unspecified atom stereocenters. The van der Waals surface area contributed by atoms with E-state index >= 15 is 0 Å². The third-order valence-corrected chi connectivity index (χ3v) is 2.90. The number of fused-ring (bicyclic) bond motifs is 1. The Morgan fingerprint density at radius 1 is 1.53 bits per heavy atom. The van der Waals surface area contributed by atoms with Crippen LogP contribution in [0.15, 0.2) is 6.07 Å². The lowest BCUT2D eigenvalue weighted by Crippen LogP contribution is -2.07. The van der Waals surface area contributed by atoms with E-state index in [0.717, 1.165) is 6.42 Å². The fourth-order valence-corrected chi connectivity index (χ4v) is 2.07. The van der Waals surface area contributed by atoms with Gasteiger partial charge in [-0.05, 0) is 18.9 Å². The molecule has 1 aromatic carbocycles. The maximum Gasteiger partial charge on any atom is 0.231 e. The predicted octanol–water partition coefficient (Wildman–Crippen LogP) is 2.02. The lowest BCUT2D eigenvalue weighted by molar-refractivity contribution is 0.172. The lowest BCUT2D eigenvalue weighted by atomic mass is 9.95. The zero-order valence-electron chi connectivity index (χ0n) is 9.96. The van der Waals surface area contributed by atoms with Crippen LogP contribution in [-0.2, 0) is 0 Å². The summed E-state index contributed by atoms with van der Waals surface area (Å²) in [7, 11) is 1.44. The molecule has 17 heavy (non-hydrogen) atoms. The van der Waals surface area contributed by atoms with E-state index < -0.39 is 5.82 Å². The number of methoxy groups -OCH3 is 1. The molecule has 1 aromatic rings. The first kappa shape index (κ1) is 12.0. The average Bonchev–Trinajstić information content (AvgIpc) is 2.74. The maximum atomic E-state index is 13.8. The quantitative estimate of drug-likeness (QED) is 0.876. The zero-order chi connectivity index (χ0) is 12.4. The van der Waals surface area contributed by atoms with Gasteiger partial charge in [-0.1, -0.05) is 6.92 Å². The van der Waals surface area contributed by atoms with Crippen molar-refractivity contribution in [2.24, 2.45) is 5.73 Å². The minimum absolute atomic E-state index is 0.0566. The first-order valence-electron chi connectivity index (χ1n) is 5.55. The third kappa shape index (κ3) is 2.02. The molecular weight excluding hydrogens is 225 g/mol. The summed E-state index contributed by atoms with van der Waals surface area (Å²) in [4.78, 5) is 0. The molecule has 94 valence electrons. The van der Waals surface area contributed by atoms with E-state index in [2.05, 4.69) is 0 Å². The summed E-state index contributed by atoms with van der Waals surface area (Å²) in [6.07, 6.45) is 0.732. The summed E-state index contributed by atoms with van der Waals surface area (Å²) < 4.78 is 29.5. The smallest absolute Gasteiger partial charge is 0.231 e. The molecule has 0 saturated heterocycles. The molecule has 0 amide bonds. The first-order chi connectivity index (χ1) is 8.19. The molecule has 2 N–H and O–H groups in total. The molecule has 4 nitrogen and oxygen atoms in total. The van der Waals surface area contributed by atoms with Crippen LogP contribution in [0.5, 0.6) is 17.2 Å². The molecule has 1 aliphatic rings. The molecule has 0 aliphatic carbocycles. The summed E-state index contributed by atoms with van der Waals surface area (Å²) in [5.74, 6) is 0.846. The summed E-state index contributed by atoms with van der Waals surface area (Å²) in [6.45, 7) is 2.60. The third-order valence-electron chi connectivity index (χ3n) is 2.90. The van der Waals surface area contributed by atoms with Crippen molar-refractivity contribution >= 4 is 0 Å². The first-order valence-corrected chi connectivity index (χ1v) is 5.55. The number of benzene rings is 1. The Bertz CT molecular complexity index is 419. The van der Waals surface area contributed by atoms with E-state index in [-0.39, 0.29) is 18.5 Å².